The van der Waals surface area contributed by atoms with Gasteiger partial charge in [-0.25, -0.2) is 0 Å². The Bertz CT molecular complexity index is 573. The monoisotopic (exact) mass is 299 g/mol. The van der Waals surface area contributed by atoms with Crippen LogP contribution in [0.5, 0.6) is 0 Å². The molecule has 0 saturated carbocycles. The number of anilines is 1. The molecule has 2 atom stereocenters. The highest BCUT2D eigenvalue weighted by Gasteiger charge is 2.37. The molecule has 0 N–H and O–H groups in total. The lowest BCUT2D eigenvalue weighted by Gasteiger charge is -2.30. The maximum Gasteiger partial charge on any atom is 0.227 e. The molecule has 0 spiro atoms. The first-order valence-corrected chi connectivity index (χ1v) is 7.80. The van der Waals surface area contributed by atoms with Gasteiger partial charge in [0.2, 0.25) is 5.91 Å². The third-order valence-electron chi connectivity index (χ3n) is 4.61. The number of nitriles is 1. The highest BCUT2D eigenvalue weighted by atomic mass is 16.5. The van der Waals surface area contributed by atoms with Crippen LogP contribution in [0.2, 0.25) is 0 Å². The van der Waals surface area contributed by atoms with Gasteiger partial charge in [-0.05, 0) is 30.2 Å². The van der Waals surface area contributed by atoms with Crippen LogP contribution >= 0.6 is 0 Å². The molecule has 0 bridgehead atoms. The Morgan fingerprint density at radius 3 is 2.55 bits per heavy atom. The summed E-state index contributed by atoms with van der Waals surface area (Å²) in [5.41, 5.74) is 1.75. The minimum Gasteiger partial charge on any atom is -0.378 e. The van der Waals surface area contributed by atoms with Crippen molar-refractivity contribution < 1.29 is 9.53 Å². The molecule has 2 saturated heterocycles. The van der Waals surface area contributed by atoms with Crippen molar-refractivity contribution in [2.24, 2.45) is 11.8 Å². The number of morpholine rings is 1. The van der Waals surface area contributed by atoms with E-state index in [9.17, 15) is 4.79 Å². The van der Waals surface area contributed by atoms with Crippen molar-refractivity contribution in [2.75, 3.05) is 44.3 Å². The third kappa shape index (κ3) is 2.93. The van der Waals surface area contributed by atoms with E-state index in [4.69, 9.17) is 10.00 Å². The molecule has 0 aromatic heterocycles. The molecule has 2 aliphatic heterocycles. The Morgan fingerprint density at radius 2 is 1.91 bits per heavy atom. The maximum absolute atomic E-state index is 12.7. The molecule has 22 heavy (non-hydrogen) atoms. The molecule has 5 heteroatoms. The molecule has 1 aromatic carbocycles. The second-order valence-corrected chi connectivity index (χ2v) is 6.09. The first-order valence-electron chi connectivity index (χ1n) is 7.80. The zero-order valence-electron chi connectivity index (χ0n) is 12.9. The summed E-state index contributed by atoms with van der Waals surface area (Å²) in [5, 5.41) is 8.87. The zero-order valence-corrected chi connectivity index (χ0v) is 12.9. The van der Waals surface area contributed by atoms with Crippen LogP contribution in [0.3, 0.4) is 0 Å². The number of nitrogens with zero attached hydrogens (tertiary/aromatic N) is 3. The third-order valence-corrected chi connectivity index (χ3v) is 4.61. The SMILES string of the molecule is C[C@@H]1CN(c2ccc(C#N)cc2)C[C@H]1C(=O)N1CCOCC1. The van der Waals surface area contributed by atoms with Gasteiger partial charge in [-0.3, -0.25) is 4.79 Å². The van der Waals surface area contributed by atoms with Crippen molar-refractivity contribution in [1.29, 1.82) is 5.26 Å². The van der Waals surface area contributed by atoms with E-state index < -0.39 is 0 Å². The van der Waals surface area contributed by atoms with Gasteiger partial charge in [-0.2, -0.15) is 5.26 Å². The van der Waals surface area contributed by atoms with Gasteiger partial charge in [0.1, 0.15) is 0 Å². The van der Waals surface area contributed by atoms with Crippen molar-refractivity contribution in [3.8, 4) is 6.07 Å². The fourth-order valence-electron chi connectivity index (χ4n) is 3.26. The lowest BCUT2D eigenvalue weighted by atomic mass is 9.96. The van der Waals surface area contributed by atoms with Crippen LogP contribution in [0.25, 0.3) is 0 Å². The molecule has 3 rings (SSSR count). The second kappa shape index (κ2) is 6.37. The summed E-state index contributed by atoms with van der Waals surface area (Å²) in [4.78, 5) is 16.9. The summed E-state index contributed by atoms with van der Waals surface area (Å²) < 4.78 is 5.32. The van der Waals surface area contributed by atoms with Gasteiger partial charge in [0, 0.05) is 31.9 Å². The Balaban J connectivity index is 1.68. The Labute approximate surface area is 131 Å². The van der Waals surface area contributed by atoms with Crippen molar-refractivity contribution in [1.82, 2.24) is 4.90 Å². The average Bonchev–Trinajstić information content (AvgIpc) is 2.97. The number of ether oxygens (including phenoxy) is 1. The molecule has 1 amide bonds. The summed E-state index contributed by atoms with van der Waals surface area (Å²) >= 11 is 0. The van der Waals surface area contributed by atoms with Gasteiger partial charge in [-0.15, -0.1) is 0 Å². The summed E-state index contributed by atoms with van der Waals surface area (Å²) in [5.74, 6) is 0.645. The van der Waals surface area contributed by atoms with E-state index >= 15 is 0 Å². The van der Waals surface area contributed by atoms with Crippen molar-refractivity contribution in [2.45, 2.75) is 6.92 Å². The van der Waals surface area contributed by atoms with Gasteiger partial charge in [-0.1, -0.05) is 6.92 Å². The van der Waals surface area contributed by atoms with Gasteiger partial charge in [0.25, 0.3) is 0 Å². The Kier molecular flexibility index (Phi) is 4.30. The van der Waals surface area contributed by atoms with Crippen LogP contribution in [-0.4, -0.2) is 50.2 Å². The molecule has 2 fully saturated rings. The number of rotatable bonds is 2. The standard InChI is InChI=1S/C17H21N3O2/c1-13-11-20(15-4-2-14(10-18)3-5-15)12-16(13)17(21)19-6-8-22-9-7-19/h2-5,13,16H,6-9,11-12H2,1H3/t13-,16-/m1/s1. The molecule has 116 valence electrons. The summed E-state index contributed by atoms with van der Waals surface area (Å²) in [6.07, 6.45) is 0. The van der Waals surface area contributed by atoms with E-state index in [1.54, 1.807) is 0 Å². The van der Waals surface area contributed by atoms with Gasteiger partial charge >= 0.3 is 0 Å². The van der Waals surface area contributed by atoms with E-state index in [1.165, 1.54) is 0 Å². The molecule has 0 radical (unpaired) electrons. The topological polar surface area (TPSA) is 56.6 Å². The minimum absolute atomic E-state index is 0.0498. The Hall–Kier alpha value is -2.06. The lowest BCUT2D eigenvalue weighted by molar-refractivity contribution is -0.140. The molecule has 1 aromatic rings. The molecule has 5 nitrogen and oxygen atoms in total. The second-order valence-electron chi connectivity index (χ2n) is 6.09. The van der Waals surface area contributed by atoms with Gasteiger partial charge < -0.3 is 14.5 Å². The smallest absolute Gasteiger partial charge is 0.227 e. The lowest BCUT2D eigenvalue weighted by Crippen LogP contribution is -2.45. The largest absolute Gasteiger partial charge is 0.378 e. The molecular weight excluding hydrogens is 278 g/mol. The van der Waals surface area contributed by atoms with Crippen LogP contribution in [0.1, 0.15) is 12.5 Å². The van der Waals surface area contributed by atoms with E-state index in [0.29, 0.717) is 37.8 Å². The number of hydrogen-bond acceptors (Lipinski definition) is 4. The average molecular weight is 299 g/mol. The zero-order chi connectivity index (χ0) is 15.5. The highest BCUT2D eigenvalue weighted by Crippen LogP contribution is 2.29. The fraction of sp³-hybridized carbons (Fsp3) is 0.529. The van der Waals surface area contributed by atoms with Crippen LogP contribution in [0, 0.1) is 23.2 Å². The van der Waals surface area contributed by atoms with Crippen molar-refractivity contribution in [3.63, 3.8) is 0 Å². The van der Waals surface area contributed by atoms with Crippen LogP contribution in [0.15, 0.2) is 24.3 Å². The first-order chi connectivity index (χ1) is 10.7. The Morgan fingerprint density at radius 1 is 1.23 bits per heavy atom. The number of carbonyl (C=O) groups excluding carboxylic acids is 1. The number of amides is 1. The van der Waals surface area contributed by atoms with E-state index in [-0.39, 0.29) is 11.8 Å². The van der Waals surface area contributed by atoms with Gasteiger partial charge in [0.05, 0.1) is 30.8 Å². The summed E-state index contributed by atoms with van der Waals surface area (Å²) in [7, 11) is 0. The minimum atomic E-state index is 0.0498. The quantitative estimate of drug-likeness (QED) is 0.830. The maximum atomic E-state index is 12.7. The summed E-state index contributed by atoms with van der Waals surface area (Å²) in [6.45, 7) is 6.48. The van der Waals surface area contributed by atoms with Crippen LogP contribution in [-0.2, 0) is 9.53 Å². The van der Waals surface area contributed by atoms with E-state index in [0.717, 1.165) is 18.8 Å². The molecule has 0 unspecified atom stereocenters. The predicted octanol–water partition coefficient (Wildman–Crippen LogP) is 1.49. The van der Waals surface area contributed by atoms with Crippen LogP contribution in [0.4, 0.5) is 5.69 Å². The molecular formula is C17H21N3O2. The first kappa shape index (κ1) is 14.9. The molecule has 2 heterocycles. The van der Waals surface area contributed by atoms with E-state index in [1.807, 2.05) is 29.2 Å². The highest BCUT2D eigenvalue weighted by molar-refractivity contribution is 5.80. The number of carbonyl (C=O) groups is 1. The van der Waals surface area contributed by atoms with E-state index in [2.05, 4.69) is 17.9 Å². The molecule has 2 aliphatic rings. The predicted molar refractivity (Wildman–Crippen MR) is 83.4 cm³/mol. The van der Waals surface area contributed by atoms with Crippen LogP contribution < -0.4 is 4.90 Å². The normalized spacial score (nSPS) is 25.1. The molecule has 0 aliphatic carbocycles. The van der Waals surface area contributed by atoms with Crippen molar-refractivity contribution >= 4 is 11.6 Å². The fourth-order valence-corrected chi connectivity index (χ4v) is 3.26. The number of benzene rings is 1. The number of hydrogen-bond donors (Lipinski definition) is 0. The van der Waals surface area contributed by atoms with Gasteiger partial charge in [0.15, 0.2) is 0 Å². The van der Waals surface area contributed by atoms with Crippen molar-refractivity contribution in [3.05, 3.63) is 29.8 Å². The summed E-state index contributed by atoms with van der Waals surface area (Å²) in [6, 6.07) is 9.72.